The van der Waals surface area contributed by atoms with Gasteiger partial charge in [0.1, 0.15) is 0 Å². The average molecular weight is 355 g/mol. The highest BCUT2D eigenvalue weighted by Gasteiger charge is 2.13. The third-order valence-corrected chi connectivity index (χ3v) is 5.30. The minimum absolute atomic E-state index is 0.369. The minimum Gasteiger partial charge on any atom is -0.370 e. The van der Waals surface area contributed by atoms with Crippen LogP contribution in [-0.2, 0) is 22.9 Å². The van der Waals surface area contributed by atoms with Crippen molar-refractivity contribution in [1.29, 1.82) is 0 Å². The molecule has 1 aromatic rings. The summed E-state index contributed by atoms with van der Waals surface area (Å²) in [5, 5.41) is 3.21. The SMILES string of the molecule is CCc1cccc(CC)c1NC(N)=NCCCN(CC)S(C)(=O)=O. The molecule has 6 nitrogen and oxygen atoms in total. The number of rotatable bonds is 9. The summed E-state index contributed by atoms with van der Waals surface area (Å²) < 4.78 is 24.5. The molecule has 7 heteroatoms. The fraction of sp³-hybridized carbons (Fsp3) is 0.588. The van der Waals surface area contributed by atoms with Crippen molar-refractivity contribution in [2.45, 2.75) is 40.0 Å². The standard InChI is InChI=1S/C17H30N4O2S/c1-5-14-10-8-11-15(6-2)16(14)20-17(18)19-12-9-13-21(7-3)24(4,22)23/h8,10-11H,5-7,9,12-13H2,1-4H3,(H3,18,19,20). The third kappa shape index (κ3) is 6.13. The molecule has 0 fully saturated rings. The lowest BCUT2D eigenvalue weighted by Crippen LogP contribution is -2.31. The number of guanidine groups is 1. The maximum Gasteiger partial charge on any atom is 0.211 e. The van der Waals surface area contributed by atoms with Crippen LogP contribution in [0.1, 0.15) is 38.3 Å². The van der Waals surface area contributed by atoms with Crippen LogP contribution in [0.15, 0.2) is 23.2 Å². The van der Waals surface area contributed by atoms with Crippen molar-refractivity contribution < 1.29 is 8.42 Å². The van der Waals surface area contributed by atoms with E-state index in [4.69, 9.17) is 5.73 Å². The van der Waals surface area contributed by atoms with Gasteiger partial charge in [0.05, 0.1) is 6.26 Å². The van der Waals surface area contributed by atoms with Crippen LogP contribution in [0.5, 0.6) is 0 Å². The largest absolute Gasteiger partial charge is 0.370 e. The fourth-order valence-corrected chi connectivity index (χ4v) is 3.51. The summed E-state index contributed by atoms with van der Waals surface area (Å²) in [5.74, 6) is 0.369. The van der Waals surface area contributed by atoms with E-state index in [2.05, 4.69) is 42.4 Å². The first kappa shape index (κ1) is 20.4. The van der Waals surface area contributed by atoms with Crippen LogP contribution in [0.25, 0.3) is 0 Å². The Morgan fingerprint density at radius 1 is 1.21 bits per heavy atom. The van der Waals surface area contributed by atoms with E-state index in [-0.39, 0.29) is 0 Å². The highest BCUT2D eigenvalue weighted by molar-refractivity contribution is 7.88. The molecule has 3 N–H and O–H groups in total. The summed E-state index contributed by atoms with van der Waals surface area (Å²) in [7, 11) is -3.14. The number of nitrogens with one attached hydrogen (secondary N) is 1. The van der Waals surface area contributed by atoms with Crippen molar-refractivity contribution in [2.75, 3.05) is 31.2 Å². The van der Waals surface area contributed by atoms with Crippen LogP contribution in [0.2, 0.25) is 0 Å². The van der Waals surface area contributed by atoms with Crippen LogP contribution >= 0.6 is 0 Å². The van der Waals surface area contributed by atoms with Crippen molar-refractivity contribution in [3.8, 4) is 0 Å². The lowest BCUT2D eigenvalue weighted by molar-refractivity contribution is 0.427. The Labute approximate surface area is 146 Å². The van der Waals surface area contributed by atoms with Gasteiger partial charge in [-0.3, -0.25) is 4.99 Å². The van der Waals surface area contributed by atoms with Gasteiger partial charge in [-0.2, -0.15) is 0 Å². The van der Waals surface area contributed by atoms with Crippen LogP contribution < -0.4 is 11.1 Å². The molecule has 0 saturated carbocycles. The van der Waals surface area contributed by atoms with Crippen molar-refractivity contribution in [3.05, 3.63) is 29.3 Å². The van der Waals surface area contributed by atoms with Gasteiger partial charge in [0.2, 0.25) is 10.0 Å². The molecule has 0 aromatic heterocycles. The van der Waals surface area contributed by atoms with E-state index >= 15 is 0 Å². The second-order valence-electron chi connectivity index (χ2n) is 5.66. The Morgan fingerprint density at radius 3 is 2.25 bits per heavy atom. The number of hydrogen-bond acceptors (Lipinski definition) is 3. The molecule has 0 spiro atoms. The molecular weight excluding hydrogens is 324 g/mol. The second kappa shape index (κ2) is 9.64. The fourth-order valence-electron chi connectivity index (χ4n) is 2.58. The van der Waals surface area contributed by atoms with Crippen molar-refractivity contribution in [2.24, 2.45) is 10.7 Å². The van der Waals surface area contributed by atoms with Gasteiger partial charge in [0, 0.05) is 25.3 Å². The Morgan fingerprint density at radius 2 is 1.79 bits per heavy atom. The number of para-hydroxylation sites is 1. The summed E-state index contributed by atoms with van der Waals surface area (Å²) in [6.45, 7) is 7.46. The Bertz CT molecular complexity index is 634. The zero-order chi connectivity index (χ0) is 18.2. The maximum absolute atomic E-state index is 11.5. The first-order chi connectivity index (χ1) is 11.3. The van der Waals surface area contributed by atoms with Gasteiger partial charge in [0.25, 0.3) is 0 Å². The van der Waals surface area contributed by atoms with E-state index in [1.165, 1.54) is 21.7 Å². The van der Waals surface area contributed by atoms with E-state index in [9.17, 15) is 8.42 Å². The number of aliphatic imine (C=N–C) groups is 1. The summed E-state index contributed by atoms with van der Waals surface area (Å²) in [4.78, 5) is 4.32. The molecule has 136 valence electrons. The van der Waals surface area contributed by atoms with Gasteiger partial charge >= 0.3 is 0 Å². The van der Waals surface area contributed by atoms with Gasteiger partial charge in [-0.1, -0.05) is 39.0 Å². The lowest BCUT2D eigenvalue weighted by Gasteiger charge is -2.17. The first-order valence-electron chi connectivity index (χ1n) is 8.46. The Balaban J connectivity index is 2.66. The predicted octanol–water partition coefficient (Wildman–Crippen LogP) is 2.21. The number of nitrogens with two attached hydrogens (primary N) is 1. The molecule has 1 rings (SSSR count). The summed E-state index contributed by atoms with van der Waals surface area (Å²) in [6, 6.07) is 6.22. The molecule has 0 unspecified atom stereocenters. The van der Waals surface area contributed by atoms with Crippen LogP contribution in [0, 0.1) is 0 Å². The first-order valence-corrected chi connectivity index (χ1v) is 10.3. The van der Waals surface area contributed by atoms with E-state index < -0.39 is 10.0 Å². The van der Waals surface area contributed by atoms with E-state index in [0.29, 0.717) is 32.0 Å². The molecule has 0 atom stereocenters. The quantitative estimate of drug-likeness (QED) is 0.404. The van der Waals surface area contributed by atoms with E-state index in [0.717, 1.165) is 18.5 Å². The zero-order valence-electron chi connectivity index (χ0n) is 15.2. The number of anilines is 1. The van der Waals surface area contributed by atoms with Crippen molar-refractivity contribution in [1.82, 2.24) is 4.31 Å². The molecule has 1 aromatic carbocycles. The molecule has 0 saturated heterocycles. The molecule has 24 heavy (non-hydrogen) atoms. The van der Waals surface area contributed by atoms with Gasteiger partial charge in [-0.15, -0.1) is 0 Å². The molecule has 0 bridgehead atoms. The topological polar surface area (TPSA) is 87.8 Å². The van der Waals surface area contributed by atoms with Gasteiger partial charge in [-0.05, 0) is 30.4 Å². The molecule has 0 radical (unpaired) electrons. The summed E-state index contributed by atoms with van der Waals surface area (Å²) >= 11 is 0. The van der Waals surface area contributed by atoms with Gasteiger partial charge in [-0.25, -0.2) is 12.7 Å². The van der Waals surface area contributed by atoms with Crippen molar-refractivity contribution >= 4 is 21.7 Å². The number of sulfonamides is 1. The number of aryl methyl sites for hydroxylation is 2. The van der Waals surface area contributed by atoms with Crippen LogP contribution in [0.4, 0.5) is 5.69 Å². The van der Waals surface area contributed by atoms with E-state index in [1.807, 2.05) is 6.92 Å². The zero-order valence-corrected chi connectivity index (χ0v) is 16.0. The normalized spacial score (nSPS) is 12.6. The molecule has 0 heterocycles. The van der Waals surface area contributed by atoms with Crippen LogP contribution in [0.3, 0.4) is 0 Å². The number of nitrogens with zero attached hydrogens (tertiary/aromatic N) is 2. The molecular formula is C17H30N4O2S. The van der Waals surface area contributed by atoms with E-state index in [1.54, 1.807) is 0 Å². The number of hydrogen-bond donors (Lipinski definition) is 2. The predicted molar refractivity (Wildman–Crippen MR) is 102 cm³/mol. The van der Waals surface area contributed by atoms with Crippen molar-refractivity contribution in [3.63, 3.8) is 0 Å². The molecule has 0 aliphatic heterocycles. The number of benzene rings is 1. The monoisotopic (exact) mass is 354 g/mol. The maximum atomic E-state index is 11.5. The third-order valence-electron chi connectivity index (χ3n) is 3.92. The van der Waals surface area contributed by atoms with Gasteiger partial charge < -0.3 is 11.1 Å². The smallest absolute Gasteiger partial charge is 0.211 e. The molecule has 0 aliphatic rings. The molecule has 0 amide bonds. The summed E-state index contributed by atoms with van der Waals surface area (Å²) in [5.41, 5.74) is 9.45. The summed E-state index contributed by atoms with van der Waals surface area (Å²) in [6.07, 6.45) is 3.70. The van der Waals surface area contributed by atoms with Gasteiger partial charge in [0.15, 0.2) is 5.96 Å². The Hall–Kier alpha value is -1.60. The van der Waals surface area contributed by atoms with Crippen LogP contribution in [-0.4, -0.2) is 44.6 Å². The molecule has 0 aliphatic carbocycles. The average Bonchev–Trinajstić information content (AvgIpc) is 2.53. The second-order valence-corrected chi connectivity index (χ2v) is 7.64. The lowest BCUT2D eigenvalue weighted by atomic mass is 10.0. The Kier molecular flexibility index (Phi) is 8.21. The minimum atomic E-state index is -3.14. The highest BCUT2D eigenvalue weighted by atomic mass is 32.2. The highest BCUT2D eigenvalue weighted by Crippen LogP contribution is 2.22.